The van der Waals surface area contributed by atoms with Crippen LogP contribution in [0.25, 0.3) is 0 Å². The van der Waals surface area contributed by atoms with E-state index in [1.165, 1.54) is 23.9 Å². The first-order chi connectivity index (χ1) is 8.99. The third kappa shape index (κ3) is 2.94. The van der Waals surface area contributed by atoms with Crippen LogP contribution in [0.2, 0.25) is 5.15 Å². The van der Waals surface area contributed by atoms with Gasteiger partial charge in [0.25, 0.3) is 0 Å². The van der Waals surface area contributed by atoms with Gasteiger partial charge in [-0.25, -0.2) is 14.5 Å². The summed E-state index contributed by atoms with van der Waals surface area (Å²) in [6, 6.07) is 4.30. The van der Waals surface area contributed by atoms with Crippen molar-refractivity contribution in [1.82, 2.24) is 14.8 Å². The first kappa shape index (κ1) is 13.2. The lowest BCUT2D eigenvalue weighted by Crippen LogP contribution is -2.01. The van der Waals surface area contributed by atoms with Crippen molar-refractivity contribution >= 4 is 29.2 Å². The Bertz CT molecular complexity index is 626. The van der Waals surface area contributed by atoms with Crippen LogP contribution in [0, 0.1) is 0 Å². The summed E-state index contributed by atoms with van der Waals surface area (Å²) in [5.41, 5.74) is 0.0467. The zero-order valence-electron chi connectivity index (χ0n) is 10.2. The van der Waals surface area contributed by atoms with Gasteiger partial charge >= 0.3 is 5.97 Å². The fourth-order valence-electron chi connectivity index (χ4n) is 1.52. The second-order valence-electron chi connectivity index (χ2n) is 3.69. The van der Waals surface area contributed by atoms with Crippen molar-refractivity contribution in [1.29, 1.82) is 0 Å². The van der Waals surface area contributed by atoms with E-state index in [1.807, 2.05) is 0 Å². The Balaban J connectivity index is 2.29. The van der Waals surface area contributed by atoms with Gasteiger partial charge in [-0.15, -0.1) is 0 Å². The van der Waals surface area contributed by atoms with Gasteiger partial charge in [0.1, 0.15) is 11.0 Å². The molecule has 19 heavy (non-hydrogen) atoms. The highest BCUT2D eigenvalue weighted by Gasteiger charge is 2.10. The zero-order chi connectivity index (χ0) is 14.0. The van der Waals surface area contributed by atoms with Crippen LogP contribution >= 0.6 is 11.6 Å². The third-order valence-electron chi connectivity index (χ3n) is 2.34. The van der Waals surface area contributed by atoms with Crippen molar-refractivity contribution < 1.29 is 14.6 Å². The fraction of sp³-hybridized carbons (Fsp3) is 0.182. The second kappa shape index (κ2) is 5.15. The van der Waals surface area contributed by atoms with Crippen molar-refractivity contribution in [2.24, 2.45) is 7.05 Å². The Hall–Kier alpha value is -2.28. The molecule has 2 heterocycles. The Morgan fingerprint density at radius 2 is 2.16 bits per heavy atom. The van der Waals surface area contributed by atoms with E-state index in [0.717, 1.165) is 0 Å². The van der Waals surface area contributed by atoms with E-state index in [0.29, 0.717) is 17.5 Å². The number of nitrogens with one attached hydrogen (secondary N) is 1. The molecule has 0 aromatic carbocycles. The van der Waals surface area contributed by atoms with Crippen LogP contribution in [0.1, 0.15) is 10.4 Å². The van der Waals surface area contributed by atoms with E-state index >= 15 is 0 Å². The predicted octanol–water partition coefficient (Wildman–Crippen LogP) is 1.92. The number of carboxylic acid groups (broad SMARTS) is 1. The standard InChI is InChI=1S/C11H11ClN4O3/c1-16-10(19-2)5-9(15-16)14-8-4-6(11(17)18)3-7(12)13-8/h3-5H,1-2H3,(H,17,18)(H,13,14,15). The third-order valence-corrected chi connectivity index (χ3v) is 2.54. The van der Waals surface area contributed by atoms with Crippen molar-refractivity contribution in [2.75, 3.05) is 12.4 Å². The number of pyridine rings is 1. The van der Waals surface area contributed by atoms with E-state index in [2.05, 4.69) is 15.4 Å². The van der Waals surface area contributed by atoms with Crippen molar-refractivity contribution in [3.05, 3.63) is 28.9 Å². The van der Waals surface area contributed by atoms with Crippen molar-refractivity contribution in [2.45, 2.75) is 0 Å². The second-order valence-corrected chi connectivity index (χ2v) is 4.08. The summed E-state index contributed by atoms with van der Waals surface area (Å²) >= 11 is 5.76. The van der Waals surface area contributed by atoms with Crippen LogP contribution in [-0.4, -0.2) is 33.0 Å². The molecule has 0 saturated heterocycles. The smallest absolute Gasteiger partial charge is 0.335 e. The van der Waals surface area contributed by atoms with E-state index in [9.17, 15) is 4.79 Å². The minimum absolute atomic E-state index is 0.0467. The molecule has 100 valence electrons. The minimum Gasteiger partial charge on any atom is -0.481 e. The van der Waals surface area contributed by atoms with Gasteiger partial charge in [-0.2, -0.15) is 5.10 Å². The molecule has 0 atom stereocenters. The van der Waals surface area contributed by atoms with Crippen LogP contribution in [0.4, 0.5) is 11.6 Å². The Morgan fingerprint density at radius 1 is 1.42 bits per heavy atom. The highest BCUT2D eigenvalue weighted by atomic mass is 35.5. The Kier molecular flexibility index (Phi) is 3.57. The number of anilines is 2. The molecule has 7 nitrogen and oxygen atoms in total. The number of nitrogens with zero attached hydrogens (tertiary/aromatic N) is 3. The highest BCUT2D eigenvalue weighted by Crippen LogP contribution is 2.21. The topological polar surface area (TPSA) is 89.3 Å². The monoisotopic (exact) mass is 282 g/mol. The number of aromatic nitrogens is 3. The molecule has 0 amide bonds. The molecule has 2 N–H and O–H groups in total. The molecule has 0 aliphatic rings. The maximum Gasteiger partial charge on any atom is 0.335 e. The van der Waals surface area contributed by atoms with E-state index in [1.54, 1.807) is 13.1 Å². The molecule has 0 spiro atoms. The predicted molar refractivity (Wildman–Crippen MR) is 69.2 cm³/mol. The summed E-state index contributed by atoms with van der Waals surface area (Å²) in [7, 11) is 3.25. The molecule has 0 aliphatic heterocycles. The summed E-state index contributed by atoms with van der Waals surface area (Å²) in [5.74, 6) is 0.255. The molecular weight excluding hydrogens is 272 g/mol. The SMILES string of the molecule is COc1cc(Nc2cc(C(=O)O)cc(Cl)n2)nn1C. The summed E-state index contributed by atoms with van der Waals surface area (Å²) in [5, 5.41) is 16.0. The maximum atomic E-state index is 10.9. The minimum atomic E-state index is -1.08. The molecule has 0 saturated carbocycles. The lowest BCUT2D eigenvalue weighted by molar-refractivity contribution is 0.0697. The molecule has 8 heteroatoms. The molecule has 2 aromatic heterocycles. The van der Waals surface area contributed by atoms with Crippen molar-refractivity contribution in [3.63, 3.8) is 0 Å². The molecule has 0 radical (unpaired) electrons. The number of aromatic carboxylic acids is 1. The van der Waals surface area contributed by atoms with Gasteiger partial charge < -0.3 is 15.2 Å². The van der Waals surface area contributed by atoms with Gasteiger partial charge in [-0.3, -0.25) is 0 Å². The van der Waals surface area contributed by atoms with E-state index in [4.69, 9.17) is 21.4 Å². The highest BCUT2D eigenvalue weighted by molar-refractivity contribution is 6.29. The normalized spacial score (nSPS) is 10.3. The number of halogens is 1. The average Bonchev–Trinajstić information content (AvgIpc) is 2.68. The number of aryl methyl sites for hydroxylation is 1. The molecule has 2 rings (SSSR count). The average molecular weight is 283 g/mol. The maximum absolute atomic E-state index is 10.9. The zero-order valence-corrected chi connectivity index (χ0v) is 11.0. The van der Waals surface area contributed by atoms with Crippen LogP contribution in [-0.2, 0) is 7.05 Å². The van der Waals surface area contributed by atoms with Gasteiger partial charge in [-0.1, -0.05) is 11.6 Å². The van der Waals surface area contributed by atoms with Crippen LogP contribution in [0.5, 0.6) is 5.88 Å². The van der Waals surface area contributed by atoms with E-state index < -0.39 is 5.97 Å². The lowest BCUT2D eigenvalue weighted by Gasteiger charge is -2.03. The number of rotatable bonds is 4. The fourth-order valence-corrected chi connectivity index (χ4v) is 1.73. The number of carboxylic acids is 1. The molecule has 0 fully saturated rings. The van der Waals surface area contributed by atoms with E-state index in [-0.39, 0.29) is 10.7 Å². The van der Waals surface area contributed by atoms with Crippen LogP contribution < -0.4 is 10.1 Å². The quantitative estimate of drug-likeness (QED) is 0.833. The molecule has 0 aliphatic carbocycles. The largest absolute Gasteiger partial charge is 0.481 e. The van der Waals surface area contributed by atoms with Gasteiger partial charge in [-0.05, 0) is 12.1 Å². The van der Waals surface area contributed by atoms with Crippen LogP contribution in [0.15, 0.2) is 18.2 Å². The van der Waals surface area contributed by atoms with Gasteiger partial charge in [0.05, 0.1) is 12.7 Å². The van der Waals surface area contributed by atoms with Crippen LogP contribution in [0.3, 0.4) is 0 Å². The lowest BCUT2D eigenvalue weighted by atomic mass is 10.2. The van der Waals surface area contributed by atoms with Gasteiger partial charge in [0, 0.05) is 13.1 Å². The number of ether oxygens (including phenoxy) is 1. The Labute approximate surface area is 113 Å². The van der Waals surface area contributed by atoms with Gasteiger partial charge in [0.2, 0.25) is 5.88 Å². The summed E-state index contributed by atoms with van der Waals surface area (Å²) in [6.07, 6.45) is 0. The molecule has 0 unspecified atom stereocenters. The summed E-state index contributed by atoms with van der Waals surface area (Å²) < 4.78 is 6.60. The number of hydrogen-bond donors (Lipinski definition) is 2. The number of carbonyl (C=O) groups is 1. The van der Waals surface area contributed by atoms with Crippen molar-refractivity contribution in [3.8, 4) is 5.88 Å². The molecular formula is C11H11ClN4O3. The summed E-state index contributed by atoms with van der Waals surface area (Å²) in [6.45, 7) is 0. The molecule has 0 bridgehead atoms. The van der Waals surface area contributed by atoms with Gasteiger partial charge in [0.15, 0.2) is 5.82 Å². The Morgan fingerprint density at radius 3 is 2.74 bits per heavy atom. The first-order valence-electron chi connectivity index (χ1n) is 5.25. The number of methoxy groups -OCH3 is 1. The first-order valence-corrected chi connectivity index (χ1v) is 5.63. The summed E-state index contributed by atoms with van der Waals surface area (Å²) in [4.78, 5) is 14.9. The molecule has 2 aromatic rings. The number of hydrogen-bond acceptors (Lipinski definition) is 5.